The summed E-state index contributed by atoms with van der Waals surface area (Å²) in [7, 11) is 0. The third-order valence-corrected chi connectivity index (χ3v) is 26.3. The second kappa shape index (κ2) is 45.1. The Balaban J connectivity index is 0.000000145. The second-order valence-corrected chi connectivity index (χ2v) is 36.0. The third-order valence-electron chi connectivity index (χ3n) is 26.3. The van der Waals surface area contributed by atoms with E-state index in [9.17, 15) is 29.7 Å². The van der Waals surface area contributed by atoms with Crippen LogP contribution in [0.3, 0.4) is 0 Å². The highest BCUT2D eigenvalue weighted by Crippen LogP contribution is 2.43. The molecule has 1 aromatic carbocycles. The lowest BCUT2D eigenvalue weighted by Gasteiger charge is -2.36. The minimum Gasteiger partial charge on any atom is -0.396 e. The number of amides is 3. The first-order valence-electron chi connectivity index (χ1n) is 46.9. The van der Waals surface area contributed by atoms with Gasteiger partial charge in [-0.15, -0.1) is 0 Å². The van der Waals surface area contributed by atoms with E-state index in [1.54, 1.807) is 10.6 Å². The Labute approximate surface area is 747 Å². The highest BCUT2D eigenvalue weighted by Gasteiger charge is 2.36. The van der Waals surface area contributed by atoms with Crippen LogP contribution in [0.4, 0.5) is 46.5 Å². The molecule has 8 aromatic heterocycles. The van der Waals surface area contributed by atoms with E-state index in [1.807, 2.05) is 58.7 Å². The number of carbonyl (C=O) groups is 3. The Morgan fingerprint density at radius 2 is 1.08 bits per heavy atom. The van der Waals surface area contributed by atoms with Gasteiger partial charge in [0.05, 0.1) is 25.0 Å². The van der Waals surface area contributed by atoms with Gasteiger partial charge in [0, 0.05) is 153 Å². The number of nitrogens with two attached hydrogens (primary N) is 1. The number of nitrogens with zero attached hydrogens (tertiary/aromatic N) is 18. The van der Waals surface area contributed by atoms with Gasteiger partial charge in [-0.2, -0.15) is 29.2 Å². The van der Waals surface area contributed by atoms with Gasteiger partial charge >= 0.3 is 0 Å². The molecule has 9 aromatic rings. The molecule has 3 aliphatic heterocycles. The SMILES string of the molecule is C=CC(=C)Nc1cccc(Nc2cc(N3CCCC(N)C3)nc3c(CC)cnn23)c1.C=CC(=O)N1CCCC(Nc2nc(C3CCCC[C@H]3CCO)nc3c2ncn3C(C)C)C1.C=CC(=O)NC1CCCC(Nc2nc(C3CCCC[C@H]3CCO)nc3c2ncn3C(C)C)C1.C=CC(=O)NC1CCCC(Nc2nc(N3CCCC[C@H]3CCO)nc3c(CC)cnn23)C1. The lowest BCUT2D eigenvalue weighted by molar-refractivity contribution is -0.127. The van der Waals surface area contributed by atoms with Crippen LogP contribution in [0.2, 0.25) is 0 Å². The summed E-state index contributed by atoms with van der Waals surface area (Å²) in [5.74, 6) is 7.56. The molecule has 11 atom stereocenters. The van der Waals surface area contributed by atoms with Crippen molar-refractivity contribution in [2.24, 2.45) is 17.6 Å². The number of aliphatic hydroxyl groups is 3. The minimum atomic E-state index is -0.123. The number of carbonyl (C=O) groups excluding carboxylic acids is 3. The summed E-state index contributed by atoms with van der Waals surface area (Å²) in [5, 5.41) is 61.6. The fourth-order valence-electron chi connectivity index (χ4n) is 19.6. The van der Waals surface area contributed by atoms with Crippen molar-refractivity contribution in [2.75, 3.05) is 88.9 Å². The maximum atomic E-state index is 12.1. The number of anilines is 8. The Morgan fingerprint density at radius 3 is 1.65 bits per heavy atom. The molecule has 0 bridgehead atoms. The number of imidazole rings is 2. The molecule has 32 nitrogen and oxygen atoms in total. The van der Waals surface area contributed by atoms with E-state index < -0.39 is 0 Å². The molecule has 12 N–H and O–H groups in total. The zero-order chi connectivity index (χ0) is 89.6. The first-order chi connectivity index (χ1) is 61.7. The molecule has 8 unspecified atom stereocenters. The second-order valence-electron chi connectivity index (χ2n) is 36.0. The molecule has 3 amide bonds. The van der Waals surface area contributed by atoms with Crippen molar-refractivity contribution in [3.8, 4) is 0 Å². The summed E-state index contributed by atoms with van der Waals surface area (Å²) < 4.78 is 7.89. The van der Waals surface area contributed by atoms with Crippen LogP contribution in [-0.4, -0.2) is 206 Å². The highest BCUT2D eigenvalue weighted by atomic mass is 16.3. The molecule has 0 spiro atoms. The largest absolute Gasteiger partial charge is 0.396 e. The van der Waals surface area contributed by atoms with Gasteiger partial charge < -0.3 is 82.1 Å². The van der Waals surface area contributed by atoms with Crippen LogP contribution >= 0.6 is 0 Å². The summed E-state index contributed by atoms with van der Waals surface area (Å²) in [6.07, 6.45) is 41.5. The normalized spacial score (nSPS) is 22.7. The number of nitrogens with one attached hydrogen (secondary N) is 7. The molecule has 7 fully saturated rings. The molecular formula is C95H138N26O6. The number of benzene rings is 1. The first-order valence-corrected chi connectivity index (χ1v) is 46.9. The van der Waals surface area contributed by atoms with Crippen LogP contribution in [0.15, 0.2) is 118 Å². The predicted octanol–water partition coefficient (Wildman–Crippen LogP) is 14.3. The van der Waals surface area contributed by atoms with Gasteiger partial charge in [0.1, 0.15) is 34.3 Å². The number of hydrogen-bond donors (Lipinski definition) is 11. The zero-order valence-electron chi connectivity index (χ0n) is 75.7. The third kappa shape index (κ3) is 23.7. The van der Waals surface area contributed by atoms with Crippen molar-refractivity contribution in [3.05, 3.63) is 141 Å². The van der Waals surface area contributed by atoms with Crippen LogP contribution in [0.5, 0.6) is 0 Å². The smallest absolute Gasteiger partial charge is 0.246 e. The zero-order valence-corrected chi connectivity index (χ0v) is 75.7. The van der Waals surface area contributed by atoms with E-state index >= 15 is 0 Å². The van der Waals surface area contributed by atoms with E-state index in [0.29, 0.717) is 30.3 Å². The number of aromatic nitrogens is 15. The molecule has 7 aliphatic rings. The Bertz CT molecular complexity index is 5200. The van der Waals surface area contributed by atoms with Crippen LogP contribution in [0.25, 0.3) is 33.6 Å². The molecule has 4 aliphatic carbocycles. The number of piperidine rings is 3. The number of hydrogen-bond acceptors (Lipinski definition) is 25. The monoisotopic (exact) mass is 1740 g/mol. The summed E-state index contributed by atoms with van der Waals surface area (Å²) in [6.45, 7) is 35.8. The van der Waals surface area contributed by atoms with E-state index in [2.05, 4.69) is 157 Å². The van der Waals surface area contributed by atoms with Gasteiger partial charge in [-0.3, -0.25) is 14.4 Å². The lowest BCUT2D eigenvalue weighted by Crippen LogP contribution is -2.44. The summed E-state index contributed by atoms with van der Waals surface area (Å²) in [5.41, 5.74) is 16.1. The standard InChI is InChI=1S/C25H38N6O2.C24H36N6O2.C23H35N7O2.C23H29N7/c1-4-21(33)27-18-9-7-10-19(14-18)28-24-22-25(31(15-26-22)16(2)3)30-23(29-24)20-11-6-5-8-17(20)12-13-32;1-4-20(32)29-12-7-9-18(14-29)26-23-21-24(30(15-25-21)16(2)3)28-22(27-23)19-10-6-5-8-17(19)11-13-31;1-3-16-15-24-30-21(16)27-22(29-12-6-5-10-19(29)11-13-31)28-23(30)26-18-9-7-8-17(14-18)25-20(32)4-2;1-4-16(3)26-19-9-6-10-20(12-19)27-22-13-21(29-11-7-8-18(24)15-29)28-23-17(5-2)14-25-30(22)23/h4,15-20,32H,1,5-14H2,2-3H3,(H,27,33)(H,28,29,30);4,15-19,31H,1,5-14H2,2-3H3,(H,26,27,28);4,15,17-19,31H,2-3,5-14H2,1H3,(H,25,32)(H,26,27,28);4,6,9-10,12-14,18,26-27H,1,3,5,7-8,11,15,24H2,2H3/t17-,18?,19?,20?;17-,18?,19?;17?,18?,19-;/m000./s1. The fraction of sp³-hybridized carbons (Fsp3) is 0.579. The van der Waals surface area contributed by atoms with Gasteiger partial charge in [0.15, 0.2) is 34.2 Å². The maximum Gasteiger partial charge on any atom is 0.246 e. The van der Waals surface area contributed by atoms with Gasteiger partial charge in [0.2, 0.25) is 29.6 Å². The Morgan fingerprint density at radius 1 is 0.535 bits per heavy atom. The number of allylic oxidation sites excluding steroid dienone is 1. The van der Waals surface area contributed by atoms with Gasteiger partial charge in [-0.05, 0) is 236 Å². The lowest BCUT2D eigenvalue weighted by atomic mass is 9.77. The van der Waals surface area contributed by atoms with E-state index in [1.165, 1.54) is 50.3 Å². The highest BCUT2D eigenvalue weighted by molar-refractivity contribution is 5.89. The van der Waals surface area contributed by atoms with Crippen LogP contribution < -0.4 is 52.8 Å². The Kier molecular flexibility index (Phi) is 33.3. The van der Waals surface area contributed by atoms with Crippen LogP contribution in [0, 0.1) is 11.8 Å². The molecule has 16 rings (SSSR count). The van der Waals surface area contributed by atoms with Gasteiger partial charge in [-0.25, -0.2) is 34.9 Å². The van der Waals surface area contributed by atoms with E-state index in [4.69, 9.17) is 40.6 Å². The van der Waals surface area contributed by atoms with Crippen molar-refractivity contribution in [1.82, 2.24) is 88.8 Å². The molecule has 4 saturated carbocycles. The average molecular weight is 1740 g/mol. The average Bonchev–Trinajstić information content (AvgIpc) is 1.59. The topological polar surface area (TPSA) is 392 Å². The first kappa shape index (κ1) is 93.7. The van der Waals surface area contributed by atoms with Crippen molar-refractivity contribution in [1.29, 1.82) is 0 Å². The number of rotatable bonds is 30. The molecule has 11 heterocycles. The van der Waals surface area contributed by atoms with Crippen molar-refractivity contribution in [2.45, 2.75) is 288 Å². The molecule has 32 heteroatoms. The number of fused-ring (bicyclic) bond motifs is 4. The summed E-state index contributed by atoms with van der Waals surface area (Å²) >= 11 is 0. The molecule has 127 heavy (non-hydrogen) atoms. The van der Waals surface area contributed by atoms with Crippen molar-refractivity contribution in [3.63, 3.8) is 0 Å². The van der Waals surface area contributed by atoms with Crippen molar-refractivity contribution >= 4 is 97.9 Å². The van der Waals surface area contributed by atoms with Gasteiger partial charge in [0.25, 0.3) is 0 Å². The number of aliphatic hydroxyl groups excluding tert-OH is 3. The van der Waals surface area contributed by atoms with Crippen molar-refractivity contribution < 1.29 is 29.7 Å². The van der Waals surface area contributed by atoms with Crippen LogP contribution in [-0.2, 0) is 27.2 Å². The molecule has 0 radical (unpaired) electrons. The Hall–Kier alpha value is -11.0. The molecule has 684 valence electrons. The van der Waals surface area contributed by atoms with E-state index in [-0.39, 0.29) is 104 Å². The van der Waals surface area contributed by atoms with E-state index in [0.717, 1.165) is 271 Å². The fourth-order valence-corrected chi connectivity index (χ4v) is 19.6. The molecular weight excluding hydrogens is 1600 g/mol. The summed E-state index contributed by atoms with van der Waals surface area (Å²) in [4.78, 5) is 86.2. The van der Waals surface area contributed by atoms with Gasteiger partial charge in [-0.1, -0.05) is 78.5 Å². The predicted molar refractivity (Wildman–Crippen MR) is 505 cm³/mol. The number of aryl methyl sites for hydroxylation is 2. The minimum absolute atomic E-state index is 0.0249. The number of likely N-dealkylation sites (tertiary alicyclic amines) is 1. The quantitative estimate of drug-likeness (QED) is 0.0147. The maximum absolute atomic E-state index is 12.1. The summed E-state index contributed by atoms with van der Waals surface area (Å²) in [6, 6.07) is 11.8. The van der Waals surface area contributed by atoms with Crippen LogP contribution in [0.1, 0.15) is 255 Å². The molecule has 3 saturated heterocycles.